The Kier molecular flexibility index (Phi) is 5.16. The Labute approximate surface area is 184 Å². The number of hydrogen-bond donors (Lipinski definition) is 1. The number of benzene rings is 2. The number of amides is 1. The number of hydrogen-bond acceptors (Lipinski definition) is 4. The van der Waals surface area contributed by atoms with Gasteiger partial charge in [0, 0.05) is 10.4 Å². The lowest BCUT2D eigenvalue weighted by atomic mass is 9.88. The van der Waals surface area contributed by atoms with Gasteiger partial charge in [-0.05, 0) is 42.9 Å². The summed E-state index contributed by atoms with van der Waals surface area (Å²) in [5.41, 5.74) is 4.20. The highest BCUT2D eigenvalue weighted by molar-refractivity contribution is 7.19. The van der Waals surface area contributed by atoms with Crippen LogP contribution in [0.25, 0.3) is 21.3 Å². The number of carbonyl (C=O) groups excluding carboxylic acids is 1. The van der Waals surface area contributed by atoms with Crippen LogP contribution in [0.4, 0.5) is 0 Å². The van der Waals surface area contributed by atoms with Crippen LogP contribution in [-0.2, 0) is 17.8 Å². The fourth-order valence-electron chi connectivity index (χ4n) is 4.50. The van der Waals surface area contributed by atoms with E-state index in [1.807, 2.05) is 49.4 Å². The molecule has 1 unspecified atom stereocenters. The Bertz CT molecular complexity index is 1320. The van der Waals surface area contributed by atoms with Crippen molar-refractivity contribution in [3.63, 3.8) is 0 Å². The number of nitrogens with zero attached hydrogens (tertiary/aromatic N) is 2. The second-order valence-corrected chi connectivity index (χ2v) is 9.17. The van der Waals surface area contributed by atoms with E-state index in [1.165, 1.54) is 33.4 Å². The molecule has 1 atom stereocenters. The molecule has 5 rings (SSSR count). The first-order valence-corrected chi connectivity index (χ1v) is 11.3. The lowest BCUT2D eigenvalue weighted by Crippen LogP contribution is -2.36. The van der Waals surface area contributed by atoms with Gasteiger partial charge in [-0.1, -0.05) is 54.6 Å². The summed E-state index contributed by atoms with van der Waals surface area (Å²) in [5.74, 6) is -0.168. The van der Waals surface area contributed by atoms with E-state index < -0.39 is 0 Å². The summed E-state index contributed by atoms with van der Waals surface area (Å²) in [6.45, 7) is 1.97. The van der Waals surface area contributed by atoms with Gasteiger partial charge in [0.2, 0.25) is 5.91 Å². The molecular weight excluding hydrogens is 406 g/mol. The predicted octanol–water partition coefficient (Wildman–Crippen LogP) is 4.63. The van der Waals surface area contributed by atoms with Crippen molar-refractivity contribution in [2.45, 2.75) is 38.8 Å². The molecular formula is C25H23N3O2S. The lowest BCUT2D eigenvalue weighted by Gasteiger charge is -2.26. The van der Waals surface area contributed by atoms with E-state index >= 15 is 0 Å². The summed E-state index contributed by atoms with van der Waals surface area (Å²) in [6, 6.07) is 18.1. The van der Waals surface area contributed by atoms with Gasteiger partial charge in [-0.25, -0.2) is 4.98 Å². The third-order valence-electron chi connectivity index (χ3n) is 5.94. The monoisotopic (exact) mass is 429 g/mol. The minimum Gasteiger partial charge on any atom is -0.348 e. The largest absolute Gasteiger partial charge is 0.348 e. The molecule has 2 aromatic carbocycles. The standard InChI is InChI=1S/C25H23N3O2S/c1-16-22(18-9-3-2-4-10-18)23-24(31-16)26-15-28(25(23)30)14-21(29)27-20-13-7-11-17-8-5-6-12-19(17)20/h2-6,8-10,12,15,20H,7,11,13-14H2,1H3,(H,27,29). The molecule has 156 valence electrons. The van der Waals surface area contributed by atoms with E-state index in [0.29, 0.717) is 10.2 Å². The molecule has 6 heteroatoms. The molecule has 0 saturated carbocycles. The number of fused-ring (bicyclic) bond motifs is 2. The van der Waals surface area contributed by atoms with Crippen LogP contribution in [-0.4, -0.2) is 15.5 Å². The Balaban J connectivity index is 1.45. The third-order valence-corrected chi connectivity index (χ3v) is 6.95. The highest BCUT2D eigenvalue weighted by Gasteiger charge is 2.22. The first-order valence-electron chi connectivity index (χ1n) is 10.5. The SMILES string of the molecule is Cc1sc2ncn(CC(=O)NC3CCCc4ccccc43)c(=O)c2c1-c1ccccc1. The van der Waals surface area contributed by atoms with Crippen LogP contribution < -0.4 is 10.9 Å². The van der Waals surface area contributed by atoms with Crippen molar-refractivity contribution >= 4 is 27.5 Å². The first-order chi connectivity index (χ1) is 15.1. The van der Waals surface area contributed by atoms with E-state index in [9.17, 15) is 9.59 Å². The molecule has 0 spiro atoms. The quantitative estimate of drug-likeness (QED) is 0.515. The van der Waals surface area contributed by atoms with Gasteiger partial charge in [0.15, 0.2) is 0 Å². The Morgan fingerprint density at radius 1 is 1.16 bits per heavy atom. The second kappa shape index (κ2) is 8.12. The minimum atomic E-state index is -0.174. The second-order valence-electron chi connectivity index (χ2n) is 7.97. The summed E-state index contributed by atoms with van der Waals surface area (Å²) in [7, 11) is 0. The predicted molar refractivity (Wildman–Crippen MR) is 124 cm³/mol. The van der Waals surface area contributed by atoms with Crippen LogP contribution >= 0.6 is 11.3 Å². The molecule has 0 bridgehead atoms. The third kappa shape index (κ3) is 3.68. The number of aryl methyl sites for hydroxylation is 2. The smallest absolute Gasteiger partial charge is 0.263 e. The molecule has 0 fully saturated rings. The molecule has 5 nitrogen and oxygen atoms in total. The van der Waals surface area contributed by atoms with Gasteiger partial charge < -0.3 is 5.32 Å². The van der Waals surface area contributed by atoms with E-state index in [1.54, 1.807) is 0 Å². The molecule has 0 saturated heterocycles. The maximum Gasteiger partial charge on any atom is 0.263 e. The summed E-state index contributed by atoms with van der Waals surface area (Å²) >= 11 is 1.51. The van der Waals surface area contributed by atoms with Crippen LogP contribution in [0.2, 0.25) is 0 Å². The zero-order valence-electron chi connectivity index (χ0n) is 17.3. The molecule has 1 aliphatic rings. The molecule has 4 aromatic rings. The van der Waals surface area contributed by atoms with Crippen LogP contribution in [0.1, 0.15) is 34.9 Å². The average Bonchev–Trinajstić information content (AvgIpc) is 3.13. The van der Waals surface area contributed by atoms with Crippen molar-refractivity contribution in [1.82, 2.24) is 14.9 Å². The fraction of sp³-hybridized carbons (Fsp3) is 0.240. The van der Waals surface area contributed by atoms with Gasteiger partial charge in [0.1, 0.15) is 11.4 Å². The maximum atomic E-state index is 13.3. The summed E-state index contributed by atoms with van der Waals surface area (Å²) in [5, 5.41) is 3.72. The summed E-state index contributed by atoms with van der Waals surface area (Å²) < 4.78 is 1.42. The van der Waals surface area contributed by atoms with Crippen LogP contribution in [0.3, 0.4) is 0 Å². The summed E-state index contributed by atoms with van der Waals surface area (Å²) in [4.78, 5) is 32.4. The van der Waals surface area contributed by atoms with Crippen LogP contribution in [0.5, 0.6) is 0 Å². The van der Waals surface area contributed by atoms with E-state index in [2.05, 4.69) is 22.4 Å². The highest BCUT2D eigenvalue weighted by atomic mass is 32.1. The lowest BCUT2D eigenvalue weighted by molar-refractivity contribution is -0.122. The van der Waals surface area contributed by atoms with E-state index in [0.717, 1.165) is 35.3 Å². The van der Waals surface area contributed by atoms with E-state index in [4.69, 9.17) is 0 Å². The number of nitrogens with one attached hydrogen (secondary N) is 1. The zero-order chi connectivity index (χ0) is 21.4. The Morgan fingerprint density at radius 3 is 2.77 bits per heavy atom. The fourth-order valence-corrected chi connectivity index (χ4v) is 5.50. The molecule has 0 aliphatic heterocycles. The maximum absolute atomic E-state index is 13.3. The number of thiophene rings is 1. The minimum absolute atomic E-state index is 0.00638. The van der Waals surface area contributed by atoms with Crippen LogP contribution in [0, 0.1) is 6.92 Å². The van der Waals surface area contributed by atoms with Gasteiger partial charge >= 0.3 is 0 Å². The van der Waals surface area contributed by atoms with Crippen molar-refractivity contribution in [2.75, 3.05) is 0 Å². The Morgan fingerprint density at radius 2 is 1.94 bits per heavy atom. The average molecular weight is 430 g/mol. The molecule has 2 aromatic heterocycles. The molecule has 1 aliphatic carbocycles. The Hall–Kier alpha value is -3.25. The topological polar surface area (TPSA) is 64.0 Å². The number of aromatic nitrogens is 2. The molecule has 0 radical (unpaired) electrons. The first kappa shape index (κ1) is 19.7. The van der Waals surface area contributed by atoms with Crippen molar-refractivity contribution in [3.8, 4) is 11.1 Å². The molecule has 1 amide bonds. The van der Waals surface area contributed by atoms with Gasteiger partial charge in [0.05, 0.1) is 17.8 Å². The van der Waals surface area contributed by atoms with E-state index in [-0.39, 0.29) is 24.1 Å². The zero-order valence-corrected chi connectivity index (χ0v) is 18.1. The van der Waals surface area contributed by atoms with Gasteiger partial charge in [-0.15, -0.1) is 11.3 Å². The van der Waals surface area contributed by atoms with Crippen molar-refractivity contribution < 1.29 is 4.79 Å². The van der Waals surface area contributed by atoms with Crippen molar-refractivity contribution in [3.05, 3.63) is 87.3 Å². The molecule has 1 N–H and O–H groups in total. The van der Waals surface area contributed by atoms with Gasteiger partial charge in [0.25, 0.3) is 5.56 Å². The van der Waals surface area contributed by atoms with Crippen LogP contribution in [0.15, 0.2) is 65.7 Å². The normalized spacial score (nSPS) is 15.6. The molecule has 31 heavy (non-hydrogen) atoms. The number of rotatable bonds is 4. The highest BCUT2D eigenvalue weighted by Crippen LogP contribution is 2.35. The van der Waals surface area contributed by atoms with Crippen molar-refractivity contribution in [1.29, 1.82) is 0 Å². The van der Waals surface area contributed by atoms with Gasteiger partial charge in [-0.3, -0.25) is 14.2 Å². The van der Waals surface area contributed by atoms with Gasteiger partial charge in [-0.2, -0.15) is 0 Å². The van der Waals surface area contributed by atoms with Crippen molar-refractivity contribution in [2.24, 2.45) is 0 Å². The number of carbonyl (C=O) groups is 1. The summed E-state index contributed by atoms with van der Waals surface area (Å²) in [6.07, 6.45) is 4.49. The molecule has 2 heterocycles.